The summed E-state index contributed by atoms with van der Waals surface area (Å²) in [7, 11) is 1.58. The van der Waals surface area contributed by atoms with E-state index in [-0.39, 0.29) is 36.9 Å². The molecule has 0 saturated heterocycles. The average molecular weight is 384 g/mol. The van der Waals surface area contributed by atoms with Gasteiger partial charge in [0, 0.05) is 35.7 Å². The fourth-order valence-electron chi connectivity index (χ4n) is 2.78. The van der Waals surface area contributed by atoms with Crippen LogP contribution in [0.15, 0.2) is 47.1 Å². The van der Waals surface area contributed by atoms with Crippen LogP contribution in [0.2, 0.25) is 0 Å². The fourth-order valence-corrected chi connectivity index (χ4v) is 2.78. The van der Waals surface area contributed by atoms with Crippen LogP contribution in [0.1, 0.15) is 21.5 Å². The summed E-state index contributed by atoms with van der Waals surface area (Å²) in [5.74, 6) is -0.315. The van der Waals surface area contributed by atoms with Crippen LogP contribution in [0, 0.1) is 12.7 Å². The van der Waals surface area contributed by atoms with Crippen LogP contribution in [0.3, 0.4) is 0 Å². The second-order valence-electron chi connectivity index (χ2n) is 6.37. The highest BCUT2D eigenvalue weighted by molar-refractivity contribution is 5.94. The van der Waals surface area contributed by atoms with Gasteiger partial charge in [0.25, 0.3) is 5.91 Å². The average Bonchev–Trinajstić information content (AvgIpc) is 3.09. The maximum atomic E-state index is 13.5. The SMILES string of the molecule is COc1ccc2c(CC(=O)NCCNC(=O)c3ccc(C)c(F)c3)coc2c1. The Labute approximate surface area is 161 Å². The van der Waals surface area contributed by atoms with Crippen LogP contribution in [0.5, 0.6) is 5.75 Å². The predicted octanol–water partition coefficient (Wildman–Crippen LogP) is 2.98. The number of furan rings is 1. The highest BCUT2D eigenvalue weighted by Crippen LogP contribution is 2.25. The summed E-state index contributed by atoms with van der Waals surface area (Å²) in [6, 6.07) is 9.73. The molecule has 0 aliphatic rings. The van der Waals surface area contributed by atoms with E-state index in [9.17, 15) is 14.0 Å². The summed E-state index contributed by atoms with van der Waals surface area (Å²) in [4.78, 5) is 24.1. The summed E-state index contributed by atoms with van der Waals surface area (Å²) in [5.41, 5.74) is 2.15. The van der Waals surface area contributed by atoms with Gasteiger partial charge in [0.15, 0.2) is 0 Å². The monoisotopic (exact) mass is 384 g/mol. The van der Waals surface area contributed by atoms with E-state index in [1.807, 2.05) is 12.1 Å². The molecule has 2 amide bonds. The fraction of sp³-hybridized carbons (Fsp3) is 0.238. The van der Waals surface area contributed by atoms with Crippen LogP contribution in [0.25, 0.3) is 11.0 Å². The van der Waals surface area contributed by atoms with Crippen molar-refractivity contribution in [2.75, 3.05) is 20.2 Å². The number of amides is 2. The Morgan fingerprint density at radius 2 is 1.89 bits per heavy atom. The smallest absolute Gasteiger partial charge is 0.251 e. The largest absolute Gasteiger partial charge is 0.497 e. The maximum Gasteiger partial charge on any atom is 0.251 e. The quantitative estimate of drug-likeness (QED) is 0.614. The third-order valence-electron chi connectivity index (χ3n) is 4.38. The van der Waals surface area contributed by atoms with E-state index in [1.165, 1.54) is 6.07 Å². The van der Waals surface area contributed by atoms with Gasteiger partial charge in [0.1, 0.15) is 17.1 Å². The summed E-state index contributed by atoms with van der Waals surface area (Å²) >= 11 is 0. The summed E-state index contributed by atoms with van der Waals surface area (Å²) in [5, 5.41) is 6.24. The van der Waals surface area contributed by atoms with Gasteiger partial charge in [-0.2, -0.15) is 0 Å². The van der Waals surface area contributed by atoms with Crippen molar-refractivity contribution in [3.8, 4) is 5.75 Å². The van der Waals surface area contributed by atoms with Gasteiger partial charge in [0.05, 0.1) is 19.8 Å². The van der Waals surface area contributed by atoms with E-state index in [2.05, 4.69) is 10.6 Å². The minimum atomic E-state index is -0.425. The molecule has 0 atom stereocenters. The number of nitrogens with one attached hydrogen (secondary N) is 2. The van der Waals surface area contributed by atoms with Gasteiger partial charge in [0.2, 0.25) is 5.91 Å². The third kappa shape index (κ3) is 4.49. The molecule has 1 aromatic heterocycles. The van der Waals surface area contributed by atoms with Gasteiger partial charge in [-0.15, -0.1) is 0 Å². The summed E-state index contributed by atoms with van der Waals surface area (Å²) in [6.45, 7) is 2.14. The predicted molar refractivity (Wildman–Crippen MR) is 103 cm³/mol. The first-order valence-electron chi connectivity index (χ1n) is 8.83. The molecule has 146 valence electrons. The molecule has 2 aromatic carbocycles. The van der Waals surface area contributed by atoms with E-state index in [0.717, 1.165) is 10.9 Å². The van der Waals surface area contributed by atoms with Crippen molar-refractivity contribution >= 4 is 22.8 Å². The lowest BCUT2D eigenvalue weighted by Crippen LogP contribution is -2.35. The van der Waals surface area contributed by atoms with Crippen LogP contribution in [0.4, 0.5) is 4.39 Å². The van der Waals surface area contributed by atoms with Gasteiger partial charge in [-0.1, -0.05) is 6.07 Å². The zero-order valence-corrected chi connectivity index (χ0v) is 15.7. The summed E-state index contributed by atoms with van der Waals surface area (Å²) in [6.07, 6.45) is 1.72. The Bertz CT molecular complexity index is 1010. The molecule has 0 unspecified atom stereocenters. The molecule has 28 heavy (non-hydrogen) atoms. The van der Waals surface area contributed by atoms with Crippen LogP contribution in [-0.2, 0) is 11.2 Å². The number of ether oxygens (including phenoxy) is 1. The first kappa shape index (κ1) is 19.4. The third-order valence-corrected chi connectivity index (χ3v) is 4.38. The number of halogens is 1. The number of methoxy groups -OCH3 is 1. The number of carbonyl (C=O) groups is 2. The number of rotatable bonds is 7. The standard InChI is InChI=1S/C21H21FN2O4/c1-13-3-4-14(9-18(13)22)21(26)24-8-7-23-20(25)10-15-12-28-19-11-16(27-2)5-6-17(15)19/h3-6,9,11-12H,7-8,10H2,1-2H3,(H,23,25)(H,24,26). The normalized spacial score (nSPS) is 10.7. The molecule has 0 aliphatic carbocycles. The lowest BCUT2D eigenvalue weighted by Gasteiger charge is -2.08. The van der Waals surface area contributed by atoms with Crippen molar-refractivity contribution in [3.63, 3.8) is 0 Å². The van der Waals surface area contributed by atoms with E-state index in [4.69, 9.17) is 9.15 Å². The Morgan fingerprint density at radius 1 is 1.11 bits per heavy atom. The molecular formula is C21H21FN2O4. The number of hydrogen-bond donors (Lipinski definition) is 2. The van der Waals surface area contributed by atoms with Crippen molar-refractivity contribution in [2.24, 2.45) is 0 Å². The minimum absolute atomic E-state index is 0.163. The molecule has 2 N–H and O–H groups in total. The molecular weight excluding hydrogens is 363 g/mol. The molecule has 1 heterocycles. The van der Waals surface area contributed by atoms with Crippen molar-refractivity contribution < 1.29 is 23.1 Å². The molecule has 0 aliphatic heterocycles. The van der Waals surface area contributed by atoms with Gasteiger partial charge < -0.3 is 19.8 Å². The number of carbonyl (C=O) groups excluding carboxylic acids is 2. The lowest BCUT2D eigenvalue weighted by atomic mass is 10.1. The highest BCUT2D eigenvalue weighted by atomic mass is 19.1. The number of fused-ring (bicyclic) bond motifs is 1. The molecule has 3 aromatic rings. The molecule has 3 rings (SSSR count). The maximum absolute atomic E-state index is 13.5. The van der Waals surface area contributed by atoms with Gasteiger partial charge >= 0.3 is 0 Å². The van der Waals surface area contributed by atoms with Crippen LogP contribution >= 0.6 is 0 Å². The Morgan fingerprint density at radius 3 is 2.64 bits per heavy atom. The van der Waals surface area contributed by atoms with Gasteiger partial charge in [-0.05, 0) is 36.8 Å². The number of benzene rings is 2. The number of hydrogen-bond acceptors (Lipinski definition) is 4. The molecule has 0 fully saturated rings. The van der Waals surface area contributed by atoms with E-state index in [0.29, 0.717) is 16.9 Å². The highest BCUT2D eigenvalue weighted by Gasteiger charge is 2.12. The first-order chi connectivity index (χ1) is 13.5. The van der Waals surface area contributed by atoms with Crippen molar-refractivity contribution in [1.82, 2.24) is 10.6 Å². The van der Waals surface area contributed by atoms with E-state index >= 15 is 0 Å². The van der Waals surface area contributed by atoms with Gasteiger partial charge in [-0.25, -0.2) is 4.39 Å². The zero-order chi connectivity index (χ0) is 20.1. The molecule has 0 spiro atoms. The molecule has 0 saturated carbocycles. The van der Waals surface area contributed by atoms with Crippen LogP contribution < -0.4 is 15.4 Å². The Balaban J connectivity index is 1.47. The zero-order valence-electron chi connectivity index (χ0n) is 15.7. The molecule has 0 radical (unpaired) electrons. The summed E-state index contributed by atoms with van der Waals surface area (Å²) < 4.78 is 24.1. The lowest BCUT2D eigenvalue weighted by molar-refractivity contribution is -0.120. The minimum Gasteiger partial charge on any atom is -0.497 e. The van der Waals surface area contributed by atoms with E-state index in [1.54, 1.807) is 38.5 Å². The van der Waals surface area contributed by atoms with Crippen molar-refractivity contribution in [2.45, 2.75) is 13.3 Å². The second kappa shape index (κ2) is 8.56. The molecule has 0 bridgehead atoms. The van der Waals surface area contributed by atoms with Crippen LogP contribution in [-0.4, -0.2) is 32.0 Å². The topological polar surface area (TPSA) is 80.6 Å². The Kier molecular flexibility index (Phi) is 5.93. The van der Waals surface area contributed by atoms with Gasteiger partial charge in [-0.3, -0.25) is 9.59 Å². The number of aryl methyl sites for hydroxylation is 1. The van der Waals surface area contributed by atoms with E-state index < -0.39 is 5.82 Å². The molecule has 7 heteroatoms. The molecule has 6 nitrogen and oxygen atoms in total. The van der Waals surface area contributed by atoms with Crippen molar-refractivity contribution in [1.29, 1.82) is 0 Å². The Hall–Kier alpha value is -3.35. The van der Waals surface area contributed by atoms with Crippen molar-refractivity contribution in [3.05, 3.63) is 65.2 Å². The first-order valence-corrected chi connectivity index (χ1v) is 8.83. The second-order valence-corrected chi connectivity index (χ2v) is 6.37.